The third kappa shape index (κ3) is 3.83. The maximum atomic E-state index is 12.2. The first-order chi connectivity index (χ1) is 9.72. The van der Waals surface area contributed by atoms with Crippen molar-refractivity contribution >= 4 is 17.2 Å². The topological polar surface area (TPSA) is 58.4 Å². The highest BCUT2D eigenvalue weighted by Crippen LogP contribution is 2.17. The van der Waals surface area contributed by atoms with Crippen molar-refractivity contribution in [1.82, 2.24) is 10.2 Å². The summed E-state index contributed by atoms with van der Waals surface area (Å²) in [5, 5.41) is 4.92. The molecule has 2 rings (SSSR count). The van der Waals surface area contributed by atoms with Crippen LogP contribution >= 0.6 is 11.3 Å². The zero-order valence-electron chi connectivity index (χ0n) is 11.8. The molecule has 1 saturated heterocycles. The van der Waals surface area contributed by atoms with Gasteiger partial charge in [0.25, 0.3) is 5.91 Å². The Morgan fingerprint density at radius 3 is 3.20 bits per heavy atom. The smallest absolute Gasteiger partial charge is 0.262 e. The van der Waals surface area contributed by atoms with E-state index < -0.39 is 0 Å². The minimum Gasteiger partial charge on any atom is -0.350 e. The molecule has 0 bridgehead atoms. The predicted octanol–water partition coefficient (Wildman–Crippen LogP) is 1.27. The van der Waals surface area contributed by atoms with Crippen LogP contribution in [0.5, 0.6) is 0 Å². The minimum atomic E-state index is -0.0275. The van der Waals surface area contributed by atoms with Gasteiger partial charge in [-0.3, -0.25) is 4.79 Å². The van der Waals surface area contributed by atoms with Gasteiger partial charge < -0.3 is 16.0 Å². The second kappa shape index (κ2) is 7.44. The van der Waals surface area contributed by atoms with Crippen molar-refractivity contribution < 1.29 is 4.79 Å². The molecule has 20 heavy (non-hydrogen) atoms. The van der Waals surface area contributed by atoms with Crippen molar-refractivity contribution in [2.45, 2.75) is 25.3 Å². The molecule has 2 heterocycles. The van der Waals surface area contributed by atoms with E-state index in [2.05, 4.69) is 29.1 Å². The molecule has 1 amide bonds. The SMILES string of the molecule is CN1CCCCC1CNC(=O)c1sccc1C#CCN. The number of nitrogens with two attached hydrogens (primary N) is 1. The van der Waals surface area contributed by atoms with Crippen LogP contribution in [0.2, 0.25) is 0 Å². The molecule has 4 nitrogen and oxygen atoms in total. The van der Waals surface area contributed by atoms with Crippen LogP contribution in [0.25, 0.3) is 0 Å². The van der Waals surface area contributed by atoms with Crippen LogP contribution in [-0.4, -0.2) is 43.5 Å². The first-order valence-electron chi connectivity index (χ1n) is 6.97. The molecule has 0 radical (unpaired) electrons. The normalized spacial score (nSPS) is 19.2. The van der Waals surface area contributed by atoms with Crippen molar-refractivity contribution in [3.8, 4) is 11.8 Å². The zero-order valence-corrected chi connectivity index (χ0v) is 12.6. The van der Waals surface area contributed by atoms with Crippen LogP contribution in [0.3, 0.4) is 0 Å². The molecule has 1 fully saturated rings. The van der Waals surface area contributed by atoms with E-state index in [-0.39, 0.29) is 5.91 Å². The quantitative estimate of drug-likeness (QED) is 0.825. The van der Waals surface area contributed by atoms with Crippen LogP contribution < -0.4 is 11.1 Å². The fraction of sp³-hybridized carbons (Fsp3) is 0.533. The Hall–Kier alpha value is -1.35. The molecule has 1 atom stereocenters. The number of rotatable bonds is 3. The van der Waals surface area contributed by atoms with E-state index in [1.54, 1.807) is 0 Å². The highest BCUT2D eigenvalue weighted by molar-refractivity contribution is 7.12. The van der Waals surface area contributed by atoms with E-state index in [0.29, 0.717) is 24.0 Å². The van der Waals surface area contributed by atoms with E-state index in [4.69, 9.17) is 5.73 Å². The lowest BCUT2D eigenvalue weighted by Gasteiger charge is -2.32. The number of hydrogen-bond donors (Lipinski definition) is 2. The average molecular weight is 291 g/mol. The highest BCUT2D eigenvalue weighted by Gasteiger charge is 2.20. The fourth-order valence-electron chi connectivity index (χ4n) is 2.42. The standard InChI is InChI=1S/C15H21N3OS/c1-18-9-3-2-6-13(18)11-17-15(19)14-12(5-4-8-16)7-10-20-14/h7,10,13H,2-3,6,8-9,11,16H2,1H3,(H,17,19). The molecule has 1 aliphatic rings. The number of carbonyl (C=O) groups is 1. The second-order valence-electron chi connectivity index (χ2n) is 5.01. The number of piperidine rings is 1. The third-order valence-corrected chi connectivity index (χ3v) is 4.53. The fourth-order valence-corrected chi connectivity index (χ4v) is 3.19. The number of amides is 1. The summed E-state index contributed by atoms with van der Waals surface area (Å²) >= 11 is 1.43. The van der Waals surface area contributed by atoms with Crippen molar-refractivity contribution in [2.24, 2.45) is 5.73 Å². The maximum Gasteiger partial charge on any atom is 0.262 e. The van der Waals surface area contributed by atoms with Gasteiger partial charge >= 0.3 is 0 Å². The lowest BCUT2D eigenvalue weighted by Crippen LogP contribution is -2.44. The first kappa shape index (κ1) is 15.0. The number of hydrogen-bond acceptors (Lipinski definition) is 4. The first-order valence-corrected chi connectivity index (χ1v) is 7.85. The molecule has 108 valence electrons. The van der Waals surface area contributed by atoms with Gasteiger partial charge in [0.05, 0.1) is 6.54 Å². The molecule has 5 heteroatoms. The molecule has 3 N–H and O–H groups in total. The van der Waals surface area contributed by atoms with Gasteiger partial charge in [0, 0.05) is 18.2 Å². The van der Waals surface area contributed by atoms with Crippen molar-refractivity contribution in [3.05, 3.63) is 21.9 Å². The third-order valence-electron chi connectivity index (χ3n) is 3.62. The molecule has 0 aromatic carbocycles. The Balaban J connectivity index is 1.93. The van der Waals surface area contributed by atoms with Gasteiger partial charge in [-0.1, -0.05) is 18.3 Å². The van der Waals surface area contributed by atoms with E-state index >= 15 is 0 Å². The lowest BCUT2D eigenvalue weighted by molar-refractivity contribution is 0.0932. The zero-order chi connectivity index (χ0) is 14.4. The molecule has 0 spiro atoms. The summed E-state index contributed by atoms with van der Waals surface area (Å²) in [6, 6.07) is 2.32. The monoisotopic (exact) mass is 291 g/mol. The largest absolute Gasteiger partial charge is 0.350 e. The Kier molecular flexibility index (Phi) is 5.60. The van der Waals surface area contributed by atoms with Crippen LogP contribution in [-0.2, 0) is 0 Å². The summed E-state index contributed by atoms with van der Waals surface area (Å²) in [6.07, 6.45) is 3.66. The molecule has 0 saturated carbocycles. The number of likely N-dealkylation sites (tertiary alicyclic amines) is 1. The summed E-state index contributed by atoms with van der Waals surface area (Å²) < 4.78 is 0. The minimum absolute atomic E-state index is 0.0275. The number of nitrogens with zero attached hydrogens (tertiary/aromatic N) is 1. The Morgan fingerprint density at radius 1 is 1.60 bits per heavy atom. The number of thiophene rings is 1. The number of likely N-dealkylation sites (N-methyl/N-ethyl adjacent to an activating group) is 1. The van der Waals surface area contributed by atoms with Crippen LogP contribution in [0.15, 0.2) is 11.4 Å². The van der Waals surface area contributed by atoms with Gasteiger partial charge in [0.2, 0.25) is 0 Å². The summed E-state index contributed by atoms with van der Waals surface area (Å²) in [4.78, 5) is 15.2. The second-order valence-corrected chi connectivity index (χ2v) is 5.93. The summed E-state index contributed by atoms with van der Waals surface area (Å²) in [5.41, 5.74) is 6.14. The van der Waals surface area contributed by atoms with E-state index in [9.17, 15) is 4.79 Å². The van der Waals surface area contributed by atoms with E-state index in [0.717, 1.165) is 18.5 Å². The van der Waals surface area contributed by atoms with Gasteiger partial charge in [-0.2, -0.15) is 0 Å². The van der Waals surface area contributed by atoms with Crippen molar-refractivity contribution in [2.75, 3.05) is 26.7 Å². The van der Waals surface area contributed by atoms with E-state index in [1.807, 2.05) is 11.4 Å². The highest BCUT2D eigenvalue weighted by atomic mass is 32.1. The Labute approximate surface area is 124 Å². The summed E-state index contributed by atoms with van der Waals surface area (Å²) in [5.74, 6) is 5.71. The van der Waals surface area contributed by atoms with Crippen LogP contribution in [0.1, 0.15) is 34.5 Å². The molecule has 1 aliphatic heterocycles. The Morgan fingerprint density at radius 2 is 2.45 bits per heavy atom. The molecular formula is C15H21N3OS. The number of carbonyl (C=O) groups excluding carboxylic acids is 1. The van der Waals surface area contributed by atoms with Gasteiger partial charge in [0.1, 0.15) is 4.88 Å². The van der Waals surface area contributed by atoms with Crippen molar-refractivity contribution in [3.63, 3.8) is 0 Å². The Bertz CT molecular complexity index is 515. The van der Waals surface area contributed by atoms with Gasteiger partial charge in [-0.15, -0.1) is 11.3 Å². The predicted molar refractivity (Wildman–Crippen MR) is 82.9 cm³/mol. The van der Waals surface area contributed by atoms with Gasteiger partial charge in [-0.25, -0.2) is 0 Å². The van der Waals surface area contributed by atoms with Crippen LogP contribution in [0, 0.1) is 11.8 Å². The van der Waals surface area contributed by atoms with Crippen molar-refractivity contribution in [1.29, 1.82) is 0 Å². The molecule has 1 aromatic heterocycles. The average Bonchev–Trinajstić information content (AvgIpc) is 2.92. The maximum absolute atomic E-state index is 12.2. The summed E-state index contributed by atoms with van der Waals surface area (Å²) in [7, 11) is 2.12. The molecule has 1 unspecified atom stereocenters. The van der Waals surface area contributed by atoms with Gasteiger partial charge in [-0.05, 0) is 37.9 Å². The van der Waals surface area contributed by atoms with Gasteiger partial charge in [0.15, 0.2) is 0 Å². The lowest BCUT2D eigenvalue weighted by atomic mass is 10.0. The molecular weight excluding hydrogens is 270 g/mol. The molecule has 0 aliphatic carbocycles. The number of nitrogens with one attached hydrogen (secondary N) is 1. The molecule has 1 aromatic rings. The summed E-state index contributed by atoms with van der Waals surface area (Å²) in [6.45, 7) is 2.13. The van der Waals surface area contributed by atoms with E-state index in [1.165, 1.54) is 24.2 Å². The van der Waals surface area contributed by atoms with Crippen LogP contribution in [0.4, 0.5) is 0 Å².